The smallest absolute Gasteiger partial charge is 0.0575 e. The van der Waals surface area contributed by atoms with Gasteiger partial charge in [-0.15, -0.1) is 0 Å². The van der Waals surface area contributed by atoms with Crippen molar-refractivity contribution in [1.29, 1.82) is 0 Å². The molecule has 82 valence electrons. The van der Waals surface area contributed by atoms with Crippen LogP contribution in [0.1, 0.15) is 25.7 Å². The molecule has 0 radical (unpaired) electrons. The average Bonchev–Trinajstić information content (AvgIpc) is 2.22. The van der Waals surface area contributed by atoms with Crippen molar-refractivity contribution in [3.8, 4) is 0 Å². The molecule has 0 spiro atoms. The Balaban J connectivity index is 1.51. The summed E-state index contributed by atoms with van der Waals surface area (Å²) >= 11 is 0. The molecule has 0 amide bonds. The molecule has 1 fully saturated rings. The third-order valence-electron chi connectivity index (χ3n) is 2.83. The number of rotatable bonds is 6. The number of anilines is 1. The number of nitrogens with one attached hydrogen (secondary N) is 1. The van der Waals surface area contributed by atoms with Crippen molar-refractivity contribution in [3.63, 3.8) is 0 Å². The highest BCUT2D eigenvalue weighted by molar-refractivity contribution is 5.42. The van der Waals surface area contributed by atoms with Gasteiger partial charge in [0.25, 0.3) is 0 Å². The van der Waals surface area contributed by atoms with Crippen LogP contribution in [0.15, 0.2) is 30.3 Å². The van der Waals surface area contributed by atoms with E-state index in [0.29, 0.717) is 6.10 Å². The largest absolute Gasteiger partial charge is 0.385 e. The molecule has 1 N–H and O–H groups in total. The monoisotopic (exact) mass is 205 g/mol. The molecule has 1 aromatic carbocycles. The molecule has 2 heteroatoms. The predicted octanol–water partition coefficient (Wildman–Crippen LogP) is 3.06. The van der Waals surface area contributed by atoms with Crippen molar-refractivity contribution in [1.82, 2.24) is 0 Å². The first-order valence-corrected chi connectivity index (χ1v) is 5.86. The second-order valence-electron chi connectivity index (χ2n) is 4.07. The van der Waals surface area contributed by atoms with Gasteiger partial charge in [-0.1, -0.05) is 18.2 Å². The van der Waals surface area contributed by atoms with Gasteiger partial charge < -0.3 is 10.1 Å². The first-order valence-electron chi connectivity index (χ1n) is 5.86. The molecule has 0 unspecified atom stereocenters. The third kappa shape index (κ3) is 3.56. The van der Waals surface area contributed by atoms with Gasteiger partial charge in [-0.05, 0) is 37.8 Å². The minimum atomic E-state index is 0.571. The quantitative estimate of drug-likeness (QED) is 0.721. The normalized spacial score (nSPS) is 16.0. The zero-order valence-corrected chi connectivity index (χ0v) is 9.11. The molecule has 1 aliphatic rings. The summed E-state index contributed by atoms with van der Waals surface area (Å²) in [4.78, 5) is 0. The van der Waals surface area contributed by atoms with Crippen LogP contribution in [-0.2, 0) is 4.74 Å². The maximum Gasteiger partial charge on any atom is 0.0575 e. The summed E-state index contributed by atoms with van der Waals surface area (Å²) in [7, 11) is 0. The highest BCUT2D eigenvalue weighted by Crippen LogP contribution is 2.21. The lowest BCUT2D eigenvalue weighted by atomic mass is 9.96. The van der Waals surface area contributed by atoms with E-state index in [1.165, 1.54) is 24.9 Å². The summed E-state index contributed by atoms with van der Waals surface area (Å²) in [6.07, 6.45) is 5.55. The van der Waals surface area contributed by atoms with Crippen molar-refractivity contribution in [2.45, 2.75) is 31.8 Å². The lowest BCUT2D eigenvalue weighted by Gasteiger charge is -2.25. The third-order valence-corrected chi connectivity index (χ3v) is 2.83. The van der Waals surface area contributed by atoms with Gasteiger partial charge in [0.05, 0.1) is 6.10 Å². The molecular formula is C13H19NO. The maximum atomic E-state index is 5.68. The van der Waals surface area contributed by atoms with Gasteiger partial charge in [0.1, 0.15) is 0 Å². The predicted molar refractivity (Wildman–Crippen MR) is 63.1 cm³/mol. The van der Waals surface area contributed by atoms with Crippen molar-refractivity contribution in [3.05, 3.63) is 30.3 Å². The van der Waals surface area contributed by atoms with Crippen LogP contribution >= 0.6 is 0 Å². The van der Waals surface area contributed by atoms with Crippen LogP contribution in [0.25, 0.3) is 0 Å². The molecule has 1 aliphatic carbocycles. The fourth-order valence-corrected chi connectivity index (χ4v) is 1.65. The topological polar surface area (TPSA) is 21.3 Å². The lowest BCUT2D eigenvalue weighted by molar-refractivity contribution is 0.00245. The zero-order chi connectivity index (χ0) is 10.3. The lowest BCUT2D eigenvalue weighted by Crippen LogP contribution is -2.22. The Bertz CT molecular complexity index is 269. The Labute approximate surface area is 91.6 Å². The van der Waals surface area contributed by atoms with Crippen molar-refractivity contribution < 1.29 is 4.74 Å². The summed E-state index contributed by atoms with van der Waals surface area (Å²) in [6, 6.07) is 10.3. The number of ether oxygens (including phenoxy) is 1. The summed E-state index contributed by atoms with van der Waals surface area (Å²) in [5.41, 5.74) is 1.20. The molecule has 0 heterocycles. The van der Waals surface area contributed by atoms with Crippen LogP contribution in [-0.4, -0.2) is 19.3 Å². The molecule has 2 rings (SSSR count). The molecule has 0 aromatic heterocycles. The average molecular weight is 205 g/mol. The molecule has 0 aliphatic heterocycles. The van der Waals surface area contributed by atoms with Crippen molar-refractivity contribution >= 4 is 5.69 Å². The molecule has 15 heavy (non-hydrogen) atoms. The first-order chi connectivity index (χ1) is 7.45. The van der Waals surface area contributed by atoms with Crippen LogP contribution in [0.5, 0.6) is 0 Å². The van der Waals surface area contributed by atoms with Gasteiger partial charge in [0.15, 0.2) is 0 Å². The van der Waals surface area contributed by atoms with Gasteiger partial charge in [0.2, 0.25) is 0 Å². The van der Waals surface area contributed by atoms with Gasteiger partial charge in [-0.3, -0.25) is 0 Å². The molecule has 2 nitrogen and oxygen atoms in total. The number of para-hydroxylation sites is 1. The van der Waals surface area contributed by atoms with E-state index in [0.717, 1.165) is 19.6 Å². The van der Waals surface area contributed by atoms with Crippen LogP contribution in [0.2, 0.25) is 0 Å². The molecular weight excluding hydrogens is 186 g/mol. The highest BCUT2D eigenvalue weighted by atomic mass is 16.5. The van der Waals surface area contributed by atoms with Gasteiger partial charge in [0, 0.05) is 18.8 Å². The maximum absolute atomic E-state index is 5.68. The first kappa shape index (κ1) is 10.5. The van der Waals surface area contributed by atoms with E-state index in [-0.39, 0.29) is 0 Å². The second kappa shape index (κ2) is 5.76. The van der Waals surface area contributed by atoms with E-state index in [4.69, 9.17) is 4.74 Å². The highest BCUT2D eigenvalue weighted by Gasteiger charge is 2.16. The van der Waals surface area contributed by atoms with Crippen LogP contribution in [0, 0.1) is 0 Å². The zero-order valence-electron chi connectivity index (χ0n) is 9.11. The number of hydrogen-bond donors (Lipinski definition) is 1. The van der Waals surface area contributed by atoms with Crippen LogP contribution in [0.4, 0.5) is 5.69 Å². The summed E-state index contributed by atoms with van der Waals surface area (Å²) in [5.74, 6) is 0. The van der Waals surface area contributed by atoms with Crippen molar-refractivity contribution in [2.75, 3.05) is 18.5 Å². The van der Waals surface area contributed by atoms with E-state index in [1.807, 2.05) is 18.2 Å². The number of benzene rings is 1. The molecule has 1 saturated carbocycles. The van der Waals surface area contributed by atoms with Crippen LogP contribution in [0.3, 0.4) is 0 Å². The summed E-state index contributed by atoms with van der Waals surface area (Å²) in [6.45, 7) is 1.89. The van der Waals surface area contributed by atoms with Crippen LogP contribution < -0.4 is 5.32 Å². The summed E-state index contributed by atoms with van der Waals surface area (Å²) < 4.78 is 5.68. The Hall–Kier alpha value is -1.02. The minimum Gasteiger partial charge on any atom is -0.385 e. The Kier molecular flexibility index (Phi) is 4.03. The Morgan fingerprint density at radius 3 is 2.67 bits per heavy atom. The van der Waals surface area contributed by atoms with E-state index in [9.17, 15) is 0 Å². The fraction of sp³-hybridized carbons (Fsp3) is 0.538. The number of hydrogen-bond acceptors (Lipinski definition) is 2. The fourth-order valence-electron chi connectivity index (χ4n) is 1.65. The SMILES string of the molecule is c1ccc(NCCCOC2CCC2)cc1. The second-order valence-corrected chi connectivity index (χ2v) is 4.07. The molecule has 0 atom stereocenters. The minimum absolute atomic E-state index is 0.571. The Morgan fingerprint density at radius 1 is 1.20 bits per heavy atom. The molecule has 1 aromatic rings. The van der Waals surface area contributed by atoms with E-state index in [1.54, 1.807) is 0 Å². The van der Waals surface area contributed by atoms with E-state index >= 15 is 0 Å². The van der Waals surface area contributed by atoms with Gasteiger partial charge >= 0.3 is 0 Å². The molecule has 0 bridgehead atoms. The van der Waals surface area contributed by atoms with E-state index in [2.05, 4.69) is 17.4 Å². The van der Waals surface area contributed by atoms with Gasteiger partial charge in [-0.25, -0.2) is 0 Å². The van der Waals surface area contributed by atoms with E-state index < -0.39 is 0 Å². The van der Waals surface area contributed by atoms with Crippen molar-refractivity contribution in [2.24, 2.45) is 0 Å². The Morgan fingerprint density at radius 2 is 2.00 bits per heavy atom. The molecule has 0 saturated heterocycles. The summed E-state index contributed by atoms with van der Waals surface area (Å²) in [5, 5.41) is 3.37. The van der Waals surface area contributed by atoms with Gasteiger partial charge in [-0.2, -0.15) is 0 Å². The standard InChI is InChI=1S/C13H19NO/c1-2-6-12(7-3-1)14-10-5-11-15-13-8-4-9-13/h1-3,6-7,13-14H,4-5,8-11H2.